The summed E-state index contributed by atoms with van der Waals surface area (Å²) in [6.07, 6.45) is 1.96. The van der Waals surface area contributed by atoms with E-state index >= 15 is 0 Å². The summed E-state index contributed by atoms with van der Waals surface area (Å²) >= 11 is 0.901. The monoisotopic (exact) mass is 724 g/mol. The largest absolute Gasteiger partial charge is 0.480 e. The number of carbonyl (C=O) groups is 3. The number of nitrogens with one attached hydrogen (secondary N) is 2. The van der Waals surface area contributed by atoms with E-state index in [2.05, 4.69) is 20.6 Å². The molecule has 2 atom stereocenters. The summed E-state index contributed by atoms with van der Waals surface area (Å²) in [6, 6.07) is 5.15. The van der Waals surface area contributed by atoms with Gasteiger partial charge in [0.1, 0.15) is 12.1 Å². The SMILES string of the molecule is O=C(CSc1ncccn1)NC(Cc1ccc(C(F)(F)P(=O)(O)O)cc1)C(=O)NC(Cc1ccc(C(F)(F)P(=O)(O)O)cc1)C(=O)O. The molecule has 0 aliphatic carbocycles. The van der Waals surface area contributed by atoms with Crippen molar-refractivity contribution in [3.63, 3.8) is 0 Å². The number of rotatable bonds is 15. The van der Waals surface area contributed by atoms with Crippen LogP contribution in [-0.4, -0.2) is 70.3 Å². The van der Waals surface area contributed by atoms with Gasteiger partial charge in [-0.15, -0.1) is 0 Å². The Morgan fingerprint density at radius 2 is 1.17 bits per heavy atom. The molecule has 0 radical (unpaired) electrons. The van der Waals surface area contributed by atoms with Gasteiger partial charge >= 0.3 is 32.5 Å². The molecule has 2 amide bonds. The number of alkyl halides is 4. The highest BCUT2D eigenvalue weighted by molar-refractivity contribution is 7.99. The summed E-state index contributed by atoms with van der Waals surface area (Å²) in [5.74, 6) is -3.66. The first kappa shape index (κ1) is 37.8. The molecule has 14 nitrogen and oxygen atoms in total. The lowest BCUT2D eigenvalue weighted by Gasteiger charge is -2.23. The van der Waals surface area contributed by atoms with Gasteiger partial charge in [-0.2, -0.15) is 17.6 Å². The van der Waals surface area contributed by atoms with E-state index in [-0.39, 0.29) is 22.0 Å². The Kier molecular flexibility index (Phi) is 12.1. The van der Waals surface area contributed by atoms with Crippen molar-refractivity contribution in [2.24, 2.45) is 0 Å². The van der Waals surface area contributed by atoms with Crippen LogP contribution in [0.25, 0.3) is 0 Å². The molecule has 0 aliphatic rings. The number of aromatic nitrogens is 2. The smallest absolute Gasteiger partial charge is 0.399 e. The fourth-order valence-corrected chi connectivity index (χ4v) is 5.48. The molecule has 254 valence electrons. The Morgan fingerprint density at radius 1 is 0.745 bits per heavy atom. The Morgan fingerprint density at radius 3 is 1.57 bits per heavy atom. The number of halogens is 4. The maximum Gasteiger partial charge on any atom is 0.399 e. The second-order valence-electron chi connectivity index (χ2n) is 9.81. The minimum Gasteiger partial charge on any atom is -0.480 e. The van der Waals surface area contributed by atoms with Gasteiger partial charge in [0.15, 0.2) is 5.16 Å². The lowest BCUT2D eigenvalue weighted by molar-refractivity contribution is -0.142. The second-order valence-corrected chi connectivity index (χ2v) is 14.1. The number of nitrogens with zero attached hydrogens (tertiary/aromatic N) is 2. The Labute approximate surface area is 267 Å². The Bertz CT molecular complexity index is 1680. The lowest BCUT2D eigenvalue weighted by Crippen LogP contribution is -2.53. The molecule has 21 heteroatoms. The molecule has 1 aromatic heterocycles. The molecular formula is C26H26F4N4O10P2S. The molecular weight excluding hydrogens is 698 g/mol. The van der Waals surface area contributed by atoms with Crippen LogP contribution in [0.15, 0.2) is 72.1 Å². The number of thioether (sulfide) groups is 1. The third kappa shape index (κ3) is 9.90. The zero-order valence-corrected chi connectivity index (χ0v) is 26.2. The molecule has 0 fully saturated rings. The topological polar surface area (TPSA) is 236 Å². The molecule has 0 saturated heterocycles. The van der Waals surface area contributed by atoms with Crippen molar-refractivity contribution in [2.75, 3.05) is 5.75 Å². The van der Waals surface area contributed by atoms with E-state index in [0.29, 0.717) is 24.3 Å². The van der Waals surface area contributed by atoms with Crippen molar-refractivity contribution in [3.05, 3.63) is 89.2 Å². The van der Waals surface area contributed by atoms with Crippen LogP contribution >= 0.6 is 27.0 Å². The van der Waals surface area contributed by atoms with Crippen molar-refractivity contribution < 1.29 is 65.8 Å². The van der Waals surface area contributed by atoms with Crippen molar-refractivity contribution in [2.45, 2.75) is 41.4 Å². The Hall–Kier alpha value is -3.70. The lowest BCUT2D eigenvalue weighted by atomic mass is 10.0. The van der Waals surface area contributed by atoms with Gasteiger partial charge in [0.2, 0.25) is 11.8 Å². The summed E-state index contributed by atoms with van der Waals surface area (Å²) in [5, 5.41) is 14.6. The fourth-order valence-electron chi connectivity index (χ4n) is 3.90. The molecule has 0 aliphatic heterocycles. The highest BCUT2D eigenvalue weighted by Gasteiger charge is 2.51. The van der Waals surface area contributed by atoms with Gasteiger partial charge in [0, 0.05) is 36.4 Å². The van der Waals surface area contributed by atoms with Gasteiger partial charge in [-0.3, -0.25) is 18.7 Å². The van der Waals surface area contributed by atoms with Crippen molar-refractivity contribution >= 4 is 44.7 Å². The highest BCUT2D eigenvalue weighted by Crippen LogP contribution is 2.60. The molecule has 0 spiro atoms. The summed E-state index contributed by atoms with van der Waals surface area (Å²) < 4.78 is 78.5. The molecule has 7 N–H and O–H groups in total. The minimum absolute atomic E-state index is 0.0735. The zero-order chi connectivity index (χ0) is 35.2. The average molecular weight is 725 g/mol. The quantitative estimate of drug-likeness (QED) is 0.0517. The van der Waals surface area contributed by atoms with E-state index < -0.39 is 80.4 Å². The van der Waals surface area contributed by atoms with Crippen LogP contribution in [0, 0.1) is 0 Å². The molecule has 0 bridgehead atoms. The maximum atomic E-state index is 14.1. The van der Waals surface area contributed by atoms with Crippen molar-refractivity contribution in [1.82, 2.24) is 20.6 Å². The first-order valence-corrected chi connectivity index (χ1v) is 17.2. The number of hydrogen-bond acceptors (Lipinski definition) is 8. The summed E-state index contributed by atoms with van der Waals surface area (Å²) in [5.41, 5.74) is -10.9. The molecule has 3 aromatic rings. The summed E-state index contributed by atoms with van der Waals surface area (Å²) in [6.45, 7) is 0. The molecule has 2 aromatic carbocycles. The van der Waals surface area contributed by atoms with Gasteiger partial charge in [0.05, 0.1) is 5.75 Å². The zero-order valence-electron chi connectivity index (χ0n) is 23.6. The molecule has 0 saturated carbocycles. The van der Waals surface area contributed by atoms with Gasteiger partial charge in [0.25, 0.3) is 0 Å². The number of amides is 2. The third-order valence-corrected chi connectivity index (χ3v) is 9.21. The third-order valence-electron chi connectivity index (χ3n) is 6.35. The number of hydrogen-bond donors (Lipinski definition) is 7. The summed E-state index contributed by atoms with van der Waals surface area (Å²) in [4.78, 5) is 81.6. The first-order chi connectivity index (χ1) is 21.7. The fraction of sp³-hybridized carbons (Fsp3) is 0.269. The van der Waals surface area contributed by atoms with Crippen molar-refractivity contribution in [3.8, 4) is 0 Å². The van der Waals surface area contributed by atoms with Crippen molar-refractivity contribution in [1.29, 1.82) is 0 Å². The van der Waals surface area contributed by atoms with Gasteiger partial charge < -0.3 is 35.3 Å². The highest BCUT2D eigenvalue weighted by atomic mass is 32.2. The average Bonchev–Trinajstić information content (AvgIpc) is 2.99. The van der Waals surface area contributed by atoms with Crippen LogP contribution in [0.3, 0.4) is 0 Å². The van der Waals surface area contributed by atoms with Crippen LogP contribution in [0.2, 0.25) is 0 Å². The van der Waals surface area contributed by atoms with Gasteiger partial charge in [-0.1, -0.05) is 60.3 Å². The predicted octanol–water partition coefficient (Wildman–Crippen LogP) is 2.56. The minimum atomic E-state index is -5.87. The summed E-state index contributed by atoms with van der Waals surface area (Å²) in [7, 11) is -11.7. The number of carbonyl (C=O) groups excluding carboxylic acids is 2. The van der Waals surface area contributed by atoms with Gasteiger partial charge in [-0.05, 0) is 17.2 Å². The van der Waals surface area contributed by atoms with E-state index in [0.717, 1.165) is 36.0 Å². The number of benzene rings is 2. The number of carboxylic acid groups (broad SMARTS) is 1. The van der Waals surface area contributed by atoms with Crippen LogP contribution in [0.1, 0.15) is 22.3 Å². The van der Waals surface area contributed by atoms with Crippen LogP contribution in [-0.2, 0) is 47.7 Å². The predicted molar refractivity (Wildman–Crippen MR) is 156 cm³/mol. The van der Waals surface area contributed by atoms with Crippen LogP contribution in [0.5, 0.6) is 0 Å². The molecule has 47 heavy (non-hydrogen) atoms. The second kappa shape index (κ2) is 15.0. The Balaban J connectivity index is 1.81. The van der Waals surface area contributed by atoms with E-state index in [1.807, 2.05) is 0 Å². The van der Waals surface area contributed by atoms with E-state index in [1.54, 1.807) is 0 Å². The first-order valence-electron chi connectivity index (χ1n) is 13.0. The molecule has 3 rings (SSSR count). The normalized spacial score (nSPS) is 13.8. The van der Waals surface area contributed by atoms with E-state index in [1.165, 1.54) is 18.5 Å². The number of aliphatic carboxylic acids is 1. The van der Waals surface area contributed by atoms with Crippen LogP contribution in [0.4, 0.5) is 17.6 Å². The van der Waals surface area contributed by atoms with Crippen LogP contribution < -0.4 is 10.6 Å². The molecule has 1 heterocycles. The number of carboxylic acids is 1. The standard InChI is InChI=1S/C26H26F4N4O10P2S/c27-25(28,45(39,40)41)17-6-2-15(3-7-17)12-19(33-21(35)14-47-24-31-10-1-11-32-24)22(36)34-20(23(37)38)13-16-4-8-18(9-5-16)26(29,30)46(42,43)44/h1-11,19-20H,12-14H2,(H,33,35)(H,34,36)(H,37,38)(H2,39,40,41)(H2,42,43,44). The van der Waals surface area contributed by atoms with E-state index in [9.17, 15) is 46.2 Å². The van der Waals surface area contributed by atoms with E-state index in [4.69, 9.17) is 19.6 Å². The molecule has 2 unspecified atom stereocenters. The van der Waals surface area contributed by atoms with Gasteiger partial charge in [-0.25, -0.2) is 14.8 Å². The maximum absolute atomic E-state index is 14.1.